The standard InChI is InChI=1S/C16H24O2/c1-12(11-18-14(3)17)8-9-15-13(2)7-6-10-16(15,4)5/h8-9,11H,6-7,10H2,1-5H3/b9-8+,12-11+. The Hall–Kier alpha value is -1.31. The number of carbonyl (C=O) groups excluding carboxylic acids is 1. The van der Waals surface area contributed by atoms with Gasteiger partial charge in [-0.1, -0.05) is 31.6 Å². The first-order valence-electron chi connectivity index (χ1n) is 6.55. The molecule has 2 nitrogen and oxygen atoms in total. The van der Waals surface area contributed by atoms with E-state index in [1.807, 2.05) is 13.0 Å². The Kier molecular flexibility index (Phi) is 4.94. The molecule has 0 spiro atoms. The summed E-state index contributed by atoms with van der Waals surface area (Å²) in [6.45, 7) is 10.1. The maximum Gasteiger partial charge on any atom is 0.307 e. The van der Waals surface area contributed by atoms with Crippen molar-refractivity contribution < 1.29 is 9.53 Å². The molecular formula is C16H24O2. The topological polar surface area (TPSA) is 26.3 Å². The minimum Gasteiger partial charge on any atom is -0.434 e. The van der Waals surface area contributed by atoms with E-state index in [1.165, 1.54) is 43.6 Å². The number of hydrogen-bond donors (Lipinski definition) is 0. The Labute approximate surface area is 110 Å². The van der Waals surface area contributed by atoms with Gasteiger partial charge in [-0.05, 0) is 49.7 Å². The molecule has 0 aromatic heterocycles. The van der Waals surface area contributed by atoms with Crippen molar-refractivity contribution >= 4 is 5.97 Å². The molecule has 0 unspecified atom stereocenters. The fourth-order valence-corrected chi connectivity index (χ4v) is 2.44. The molecule has 0 saturated carbocycles. The average Bonchev–Trinajstić information content (AvgIpc) is 2.24. The van der Waals surface area contributed by atoms with Gasteiger partial charge in [-0.3, -0.25) is 4.79 Å². The van der Waals surface area contributed by atoms with E-state index in [0.717, 1.165) is 5.57 Å². The number of ether oxygens (including phenoxy) is 1. The summed E-state index contributed by atoms with van der Waals surface area (Å²) in [6.07, 6.45) is 9.40. The lowest BCUT2D eigenvalue weighted by Crippen LogP contribution is -2.19. The monoisotopic (exact) mass is 248 g/mol. The summed E-state index contributed by atoms with van der Waals surface area (Å²) in [6, 6.07) is 0. The van der Waals surface area contributed by atoms with Crippen molar-refractivity contribution in [1.29, 1.82) is 0 Å². The lowest BCUT2D eigenvalue weighted by molar-refractivity contribution is -0.135. The van der Waals surface area contributed by atoms with Crippen molar-refractivity contribution in [2.24, 2.45) is 5.41 Å². The fourth-order valence-electron chi connectivity index (χ4n) is 2.44. The van der Waals surface area contributed by atoms with Gasteiger partial charge >= 0.3 is 5.97 Å². The molecule has 0 aliphatic heterocycles. The first-order valence-corrected chi connectivity index (χ1v) is 6.55. The van der Waals surface area contributed by atoms with Crippen LogP contribution in [0.1, 0.15) is 53.9 Å². The SMILES string of the molecule is CC(=O)O/C=C(C)/C=C/C1=C(C)CCCC1(C)C. The van der Waals surface area contributed by atoms with E-state index in [1.54, 1.807) is 0 Å². The molecule has 1 aliphatic rings. The first-order chi connectivity index (χ1) is 8.33. The molecule has 0 bridgehead atoms. The van der Waals surface area contributed by atoms with Crippen molar-refractivity contribution in [2.45, 2.75) is 53.9 Å². The van der Waals surface area contributed by atoms with Crippen molar-refractivity contribution in [3.8, 4) is 0 Å². The Bertz CT molecular complexity index is 409. The molecule has 1 rings (SSSR count). The van der Waals surface area contributed by atoms with Crippen molar-refractivity contribution in [3.05, 3.63) is 35.1 Å². The minimum absolute atomic E-state index is 0.251. The van der Waals surface area contributed by atoms with E-state index < -0.39 is 0 Å². The zero-order valence-corrected chi connectivity index (χ0v) is 12.2. The molecule has 0 atom stereocenters. The Morgan fingerprint density at radius 3 is 2.56 bits per heavy atom. The predicted molar refractivity (Wildman–Crippen MR) is 75.0 cm³/mol. The van der Waals surface area contributed by atoms with Crippen molar-refractivity contribution in [2.75, 3.05) is 0 Å². The minimum atomic E-state index is -0.281. The first kappa shape index (κ1) is 14.7. The van der Waals surface area contributed by atoms with E-state index in [2.05, 4.69) is 26.8 Å². The highest BCUT2D eigenvalue weighted by atomic mass is 16.5. The van der Waals surface area contributed by atoms with Gasteiger partial charge in [0.25, 0.3) is 0 Å². The molecule has 0 heterocycles. The lowest BCUT2D eigenvalue weighted by atomic mass is 9.72. The van der Waals surface area contributed by atoms with Crippen LogP contribution in [0.2, 0.25) is 0 Å². The molecule has 100 valence electrons. The maximum atomic E-state index is 10.7. The van der Waals surface area contributed by atoms with Gasteiger partial charge in [0, 0.05) is 6.92 Å². The fraction of sp³-hybridized carbons (Fsp3) is 0.562. The van der Waals surface area contributed by atoms with E-state index in [0.29, 0.717) is 0 Å². The second kappa shape index (κ2) is 6.03. The Morgan fingerprint density at radius 1 is 1.33 bits per heavy atom. The summed E-state index contributed by atoms with van der Waals surface area (Å²) in [7, 11) is 0. The van der Waals surface area contributed by atoms with Crippen LogP contribution in [0.4, 0.5) is 0 Å². The molecule has 0 amide bonds. The number of allylic oxidation sites excluding steroid dienone is 5. The van der Waals surface area contributed by atoms with Crippen LogP contribution in [0.3, 0.4) is 0 Å². The predicted octanol–water partition coefficient (Wildman–Crippen LogP) is 4.54. The van der Waals surface area contributed by atoms with Crippen LogP contribution in [-0.2, 0) is 9.53 Å². The molecule has 0 aromatic rings. The number of carbonyl (C=O) groups is 1. The quantitative estimate of drug-likeness (QED) is 0.416. The van der Waals surface area contributed by atoms with Crippen LogP contribution in [-0.4, -0.2) is 5.97 Å². The van der Waals surface area contributed by atoms with Crippen molar-refractivity contribution in [3.63, 3.8) is 0 Å². The third-order valence-corrected chi connectivity index (χ3v) is 3.47. The largest absolute Gasteiger partial charge is 0.434 e. The molecule has 0 aromatic carbocycles. The second-order valence-electron chi connectivity index (χ2n) is 5.74. The molecular weight excluding hydrogens is 224 g/mol. The van der Waals surface area contributed by atoms with Gasteiger partial charge in [0.15, 0.2) is 0 Å². The van der Waals surface area contributed by atoms with Gasteiger partial charge in [0.2, 0.25) is 0 Å². The highest BCUT2D eigenvalue weighted by molar-refractivity contribution is 5.66. The van der Waals surface area contributed by atoms with Gasteiger partial charge in [-0.25, -0.2) is 0 Å². The molecule has 2 heteroatoms. The summed E-state index contributed by atoms with van der Waals surface area (Å²) in [5, 5.41) is 0. The summed E-state index contributed by atoms with van der Waals surface area (Å²) >= 11 is 0. The number of rotatable bonds is 3. The lowest BCUT2D eigenvalue weighted by Gasteiger charge is -2.32. The van der Waals surface area contributed by atoms with E-state index in [9.17, 15) is 4.79 Å². The summed E-state index contributed by atoms with van der Waals surface area (Å²) < 4.78 is 4.85. The van der Waals surface area contributed by atoms with E-state index in [-0.39, 0.29) is 11.4 Å². The van der Waals surface area contributed by atoms with Gasteiger partial charge in [-0.2, -0.15) is 0 Å². The zero-order valence-electron chi connectivity index (χ0n) is 12.2. The molecule has 18 heavy (non-hydrogen) atoms. The van der Waals surface area contributed by atoms with Crippen LogP contribution >= 0.6 is 0 Å². The third-order valence-electron chi connectivity index (χ3n) is 3.47. The zero-order chi connectivity index (χ0) is 13.8. The van der Waals surface area contributed by atoms with E-state index >= 15 is 0 Å². The number of esters is 1. The highest BCUT2D eigenvalue weighted by Gasteiger charge is 2.26. The molecule has 0 saturated heterocycles. The summed E-state index contributed by atoms with van der Waals surface area (Å²) in [5.74, 6) is -0.281. The Morgan fingerprint density at radius 2 is 2.00 bits per heavy atom. The summed E-state index contributed by atoms with van der Waals surface area (Å²) in [4.78, 5) is 10.7. The van der Waals surface area contributed by atoms with Crippen LogP contribution in [0.25, 0.3) is 0 Å². The van der Waals surface area contributed by atoms with Gasteiger partial charge in [0.1, 0.15) is 0 Å². The van der Waals surface area contributed by atoms with E-state index in [4.69, 9.17) is 4.74 Å². The maximum absolute atomic E-state index is 10.7. The van der Waals surface area contributed by atoms with Crippen LogP contribution in [0.5, 0.6) is 0 Å². The van der Waals surface area contributed by atoms with Crippen molar-refractivity contribution in [1.82, 2.24) is 0 Å². The van der Waals surface area contributed by atoms with Crippen LogP contribution in [0, 0.1) is 5.41 Å². The molecule has 0 fully saturated rings. The highest BCUT2D eigenvalue weighted by Crippen LogP contribution is 2.40. The molecule has 1 aliphatic carbocycles. The smallest absolute Gasteiger partial charge is 0.307 e. The molecule has 0 N–H and O–H groups in total. The number of hydrogen-bond acceptors (Lipinski definition) is 2. The summed E-state index contributed by atoms with van der Waals surface area (Å²) in [5.41, 5.74) is 4.10. The van der Waals surface area contributed by atoms with Crippen LogP contribution in [0.15, 0.2) is 35.1 Å². The molecule has 0 radical (unpaired) electrons. The third kappa shape index (κ3) is 4.17. The Balaban J connectivity index is 2.82. The second-order valence-corrected chi connectivity index (χ2v) is 5.74. The normalized spacial score (nSPS) is 20.4. The van der Waals surface area contributed by atoms with Gasteiger partial charge < -0.3 is 4.74 Å². The van der Waals surface area contributed by atoms with Gasteiger partial charge in [-0.15, -0.1) is 0 Å². The van der Waals surface area contributed by atoms with Crippen LogP contribution < -0.4 is 0 Å². The average molecular weight is 248 g/mol. The van der Waals surface area contributed by atoms with Gasteiger partial charge in [0.05, 0.1) is 6.26 Å².